The summed E-state index contributed by atoms with van der Waals surface area (Å²) in [6.07, 6.45) is 4.89. The van der Waals surface area contributed by atoms with Gasteiger partial charge in [-0.15, -0.1) is 0 Å². The van der Waals surface area contributed by atoms with Crippen LogP contribution in [0.3, 0.4) is 0 Å². The molecule has 0 spiro atoms. The SMILES string of the molecule is CCCCCCNCC(=O)c1ccc(OC)c(C)c1. The summed E-state index contributed by atoms with van der Waals surface area (Å²) < 4.78 is 5.19. The lowest BCUT2D eigenvalue weighted by Crippen LogP contribution is -2.24. The second kappa shape index (κ2) is 8.70. The van der Waals surface area contributed by atoms with Crippen molar-refractivity contribution in [2.75, 3.05) is 20.2 Å². The Morgan fingerprint density at radius 1 is 1.26 bits per heavy atom. The molecule has 0 heterocycles. The van der Waals surface area contributed by atoms with Crippen molar-refractivity contribution in [3.05, 3.63) is 29.3 Å². The van der Waals surface area contributed by atoms with Crippen molar-refractivity contribution in [3.8, 4) is 5.75 Å². The lowest BCUT2D eigenvalue weighted by atomic mass is 10.1. The van der Waals surface area contributed by atoms with E-state index in [0.717, 1.165) is 29.8 Å². The number of nitrogens with one attached hydrogen (secondary N) is 1. The van der Waals surface area contributed by atoms with Crippen molar-refractivity contribution in [1.82, 2.24) is 5.32 Å². The molecule has 1 N–H and O–H groups in total. The zero-order chi connectivity index (χ0) is 14.1. The molecule has 1 rings (SSSR count). The van der Waals surface area contributed by atoms with Gasteiger partial charge in [0.15, 0.2) is 5.78 Å². The molecule has 0 fully saturated rings. The van der Waals surface area contributed by atoms with Crippen LogP contribution in [-0.4, -0.2) is 26.0 Å². The van der Waals surface area contributed by atoms with E-state index >= 15 is 0 Å². The molecule has 0 saturated carbocycles. The second-order valence-corrected chi connectivity index (χ2v) is 4.85. The Kier molecular flexibility index (Phi) is 7.19. The van der Waals surface area contributed by atoms with Gasteiger partial charge in [0, 0.05) is 5.56 Å². The van der Waals surface area contributed by atoms with Crippen molar-refractivity contribution in [2.45, 2.75) is 39.5 Å². The number of ether oxygens (including phenoxy) is 1. The molecule has 0 radical (unpaired) electrons. The Morgan fingerprint density at radius 3 is 2.68 bits per heavy atom. The van der Waals surface area contributed by atoms with Gasteiger partial charge in [0.25, 0.3) is 0 Å². The Balaban J connectivity index is 2.35. The number of ketones is 1. The minimum atomic E-state index is 0.140. The van der Waals surface area contributed by atoms with Gasteiger partial charge < -0.3 is 10.1 Å². The maximum Gasteiger partial charge on any atom is 0.176 e. The fourth-order valence-corrected chi connectivity index (χ4v) is 2.03. The van der Waals surface area contributed by atoms with E-state index in [-0.39, 0.29) is 5.78 Å². The highest BCUT2D eigenvalue weighted by Crippen LogP contribution is 2.18. The van der Waals surface area contributed by atoms with E-state index in [2.05, 4.69) is 12.2 Å². The fraction of sp³-hybridized carbons (Fsp3) is 0.562. The Bertz CT molecular complexity index is 402. The van der Waals surface area contributed by atoms with Crippen molar-refractivity contribution in [3.63, 3.8) is 0 Å². The fourth-order valence-electron chi connectivity index (χ4n) is 2.03. The first-order chi connectivity index (χ1) is 9.19. The first-order valence-corrected chi connectivity index (χ1v) is 7.07. The highest BCUT2D eigenvalue weighted by Gasteiger charge is 2.07. The summed E-state index contributed by atoms with van der Waals surface area (Å²) in [6, 6.07) is 5.57. The first kappa shape index (κ1) is 15.7. The van der Waals surface area contributed by atoms with Crippen LogP contribution in [0.4, 0.5) is 0 Å². The summed E-state index contributed by atoms with van der Waals surface area (Å²) >= 11 is 0. The molecule has 106 valence electrons. The molecular formula is C16H25NO2. The zero-order valence-corrected chi connectivity index (χ0v) is 12.3. The molecule has 1 aromatic rings. The third kappa shape index (κ3) is 5.43. The number of aryl methyl sites for hydroxylation is 1. The van der Waals surface area contributed by atoms with E-state index in [4.69, 9.17) is 4.74 Å². The molecule has 1 aromatic carbocycles. The predicted octanol–water partition coefficient (Wildman–Crippen LogP) is 3.36. The Morgan fingerprint density at radius 2 is 2.05 bits per heavy atom. The molecule has 0 aliphatic rings. The van der Waals surface area contributed by atoms with E-state index < -0.39 is 0 Å². The number of carbonyl (C=O) groups excluding carboxylic acids is 1. The molecule has 0 saturated heterocycles. The summed E-state index contributed by atoms with van der Waals surface area (Å²) in [5.74, 6) is 0.963. The standard InChI is InChI=1S/C16H25NO2/c1-4-5-6-7-10-17-12-15(18)14-8-9-16(19-3)13(2)11-14/h8-9,11,17H,4-7,10,12H2,1-3H3. The van der Waals surface area contributed by atoms with Crippen LogP contribution in [0.5, 0.6) is 5.75 Å². The summed E-state index contributed by atoms with van der Waals surface area (Å²) in [6.45, 7) is 5.48. The predicted molar refractivity (Wildman–Crippen MR) is 79.1 cm³/mol. The molecule has 3 heteroatoms. The van der Waals surface area contributed by atoms with Gasteiger partial charge >= 0.3 is 0 Å². The number of hydrogen-bond acceptors (Lipinski definition) is 3. The van der Waals surface area contributed by atoms with Gasteiger partial charge in [-0.2, -0.15) is 0 Å². The third-order valence-electron chi connectivity index (χ3n) is 3.21. The highest BCUT2D eigenvalue weighted by atomic mass is 16.5. The number of carbonyl (C=O) groups is 1. The maximum atomic E-state index is 12.0. The molecule has 0 aliphatic carbocycles. The summed E-state index contributed by atoms with van der Waals surface area (Å²) in [7, 11) is 1.64. The van der Waals surface area contributed by atoms with Crippen LogP contribution >= 0.6 is 0 Å². The minimum absolute atomic E-state index is 0.140. The number of benzene rings is 1. The Hall–Kier alpha value is -1.35. The van der Waals surface area contributed by atoms with E-state index in [9.17, 15) is 4.79 Å². The van der Waals surface area contributed by atoms with Crippen LogP contribution in [-0.2, 0) is 0 Å². The molecule has 0 atom stereocenters. The van der Waals surface area contributed by atoms with Crippen LogP contribution in [0.25, 0.3) is 0 Å². The number of unbranched alkanes of at least 4 members (excludes halogenated alkanes) is 3. The zero-order valence-electron chi connectivity index (χ0n) is 12.3. The van der Waals surface area contributed by atoms with Crippen LogP contribution in [0.15, 0.2) is 18.2 Å². The van der Waals surface area contributed by atoms with Crippen molar-refractivity contribution < 1.29 is 9.53 Å². The Labute approximate surface area is 116 Å². The van der Waals surface area contributed by atoms with E-state index in [0.29, 0.717) is 6.54 Å². The minimum Gasteiger partial charge on any atom is -0.496 e. The lowest BCUT2D eigenvalue weighted by molar-refractivity contribution is 0.0991. The lowest BCUT2D eigenvalue weighted by Gasteiger charge is -2.07. The normalized spacial score (nSPS) is 10.5. The van der Waals surface area contributed by atoms with Gasteiger partial charge in [-0.3, -0.25) is 4.79 Å². The van der Waals surface area contributed by atoms with Crippen molar-refractivity contribution in [1.29, 1.82) is 0 Å². The number of hydrogen-bond donors (Lipinski definition) is 1. The number of rotatable bonds is 9. The molecule has 0 amide bonds. The van der Waals surface area contributed by atoms with E-state index in [1.165, 1.54) is 19.3 Å². The average Bonchev–Trinajstić information content (AvgIpc) is 2.42. The van der Waals surface area contributed by atoms with Crippen LogP contribution in [0.1, 0.15) is 48.5 Å². The van der Waals surface area contributed by atoms with Gasteiger partial charge in [-0.1, -0.05) is 26.2 Å². The van der Waals surface area contributed by atoms with Crippen molar-refractivity contribution in [2.24, 2.45) is 0 Å². The molecule has 0 bridgehead atoms. The average molecular weight is 263 g/mol. The van der Waals surface area contributed by atoms with Gasteiger partial charge in [0.1, 0.15) is 5.75 Å². The van der Waals surface area contributed by atoms with Crippen LogP contribution in [0.2, 0.25) is 0 Å². The highest BCUT2D eigenvalue weighted by molar-refractivity contribution is 5.97. The quantitative estimate of drug-likeness (QED) is 0.548. The molecular weight excluding hydrogens is 238 g/mol. The summed E-state index contributed by atoms with van der Waals surface area (Å²) in [5, 5.41) is 3.21. The molecule has 3 nitrogen and oxygen atoms in total. The van der Waals surface area contributed by atoms with Gasteiger partial charge in [0.2, 0.25) is 0 Å². The van der Waals surface area contributed by atoms with Gasteiger partial charge in [0.05, 0.1) is 13.7 Å². The number of Topliss-reactive ketones (excluding diaryl/α,β-unsaturated/α-hetero) is 1. The smallest absolute Gasteiger partial charge is 0.176 e. The molecule has 0 aromatic heterocycles. The molecule has 19 heavy (non-hydrogen) atoms. The summed E-state index contributed by atoms with van der Waals surface area (Å²) in [4.78, 5) is 12.0. The van der Waals surface area contributed by atoms with Gasteiger partial charge in [-0.05, 0) is 43.7 Å². The molecule has 0 unspecified atom stereocenters. The monoisotopic (exact) mass is 263 g/mol. The maximum absolute atomic E-state index is 12.0. The third-order valence-corrected chi connectivity index (χ3v) is 3.21. The van der Waals surface area contributed by atoms with Crippen LogP contribution < -0.4 is 10.1 Å². The van der Waals surface area contributed by atoms with Crippen molar-refractivity contribution >= 4 is 5.78 Å². The largest absolute Gasteiger partial charge is 0.496 e. The molecule has 0 aliphatic heterocycles. The number of methoxy groups -OCH3 is 1. The van der Waals surface area contributed by atoms with Gasteiger partial charge in [-0.25, -0.2) is 0 Å². The van der Waals surface area contributed by atoms with Crippen LogP contribution in [0, 0.1) is 6.92 Å². The topological polar surface area (TPSA) is 38.3 Å². The summed E-state index contributed by atoms with van der Waals surface area (Å²) in [5.41, 5.74) is 1.75. The van der Waals surface area contributed by atoms with E-state index in [1.54, 1.807) is 7.11 Å². The second-order valence-electron chi connectivity index (χ2n) is 4.85. The van der Waals surface area contributed by atoms with E-state index in [1.807, 2.05) is 25.1 Å². The first-order valence-electron chi connectivity index (χ1n) is 7.07.